The number of piperazine rings is 1. The lowest BCUT2D eigenvalue weighted by molar-refractivity contribution is -0.163. The van der Waals surface area contributed by atoms with Gasteiger partial charge in [-0.1, -0.05) is 66.2 Å². The van der Waals surface area contributed by atoms with Crippen LogP contribution in [0.3, 0.4) is 0 Å². The predicted octanol–water partition coefficient (Wildman–Crippen LogP) is 5.62. The standard InChI is InChI=1S/C28H25N3O4S5/c1-18-13-15-19(16-14-18)27-17-28-25(33)29(3)26(2,36-38-39-37-28)24(32)30(28)23(27)31(22-12-8-7-11-21(22)27)40(34,35)20-9-5-4-6-10-20/h4-16,23H,17H2,1-3H3/t23-,26-,27-,28-/m0/s1. The number of benzene rings is 3. The smallest absolute Gasteiger partial charge is 0.266 e. The molecule has 2 bridgehead atoms. The van der Waals surface area contributed by atoms with Crippen LogP contribution in [0.5, 0.6) is 0 Å². The zero-order chi connectivity index (χ0) is 28.1. The monoisotopic (exact) mass is 627 g/mol. The average molecular weight is 628 g/mol. The molecule has 0 saturated carbocycles. The largest absolute Gasteiger partial charge is 0.319 e. The van der Waals surface area contributed by atoms with Crippen molar-refractivity contribution in [2.45, 2.75) is 46.5 Å². The third kappa shape index (κ3) is 3.22. The molecular weight excluding hydrogens is 603 g/mol. The zero-order valence-corrected chi connectivity index (χ0v) is 25.9. The van der Waals surface area contributed by atoms with E-state index in [1.807, 2.05) is 55.5 Å². The van der Waals surface area contributed by atoms with Gasteiger partial charge in [-0.15, -0.1) is 0 Å². The molecule has 40 heavy (non-hydrogen) atoms. The summed E-state index contributed by atoms with van der Waals surface area (Å²) in [5, 5.41) is 0. The van der Waals surface area contributed by atoms with Crippen LogP contribution in [0.25, 0.3) is 0 Å². The molecule has 3 aromatic carbocycles. The predicted molar refractivity (Wildman–Crippen MR) is 164 cm³/mol. The fourth-order valence-corrected chi connectivity index (χ4v) is 15.9. The summed E-state index contributed by atoms with van der Waals surface area (Å²) < 4.78 is 30.6. The zero-order valence-electron chi connectivity index (χ0n) is 21.8. The molecule has 8 rings (SSSR count). The highest BCUT2D eigenvalue weighted by atomic mass is 33.7. The number of carbonyl (C=O) groups is 2. The van der Waals surface area contributed by atoms with Gasteiger partial charge in [-0.2, -0.15) is 0 Å². The van der Waals surface area contributed by atoms with Crippen molar-refractivity contribution < 1.29 is 18.0 Å². The summed E-state index contributed by atoms with van der Waals surface area (Å²) in [7, 11) is 3.18. The van der Waals surface area contributed by atoms with Gasteiger partial charge < -0.3 is 4.90 Å². The molecule has 4 fully saturated rings. The minimum absolute atomic E-state index is 0.136. The number of fused-ring (bicyclic) bond motifs is 7. The summed E-state index contributed by atoms with van der Waals surface area (Å²) in [5.41, 5.74) is 2.30. The number of aryl methyl sites for hydroxylation is 1. The maximum absolute atomic E-state index is 14.7. The molecular formula is C28H25N3O4S5. The van der Waals surface area contributed by atoms with Crippen LogP contribution in [-0.4, -0.2) is 53.0 Å². The summed E-state index contributed by atoms with van der Waals surface area (Å²) in [6, 6.07) is 23.9. The van der Waals surface area contributed by atoms with E-state index in [1.54, 1.807) is 54.1 Å². The maximum atomic E-state index is 14.7. The first-order valence-corrected chi connectivity index (χ1v) is 18.9. The van der Waals surface area contributed by atoms with Crippen molar-refractivity contribution in [2.75, 3.05) is 11.4 Å². The van der Waals surface area contributed by atoms with Crippen LogP contribution in [-0.2, 0) is 25.0 Å². The van der Waals surface area contributed by atoms with Gasteiger partial charge in [0.05, 0.1) is 16.0 Å². The lowest BCUT2D eigenvalue weighted by atomic mass is 9.72. The van der Waals surface area contributed by atoms with Crippen LogP contribution in [0.4, 0.5) is 5.69 Å². The third-order valence-corrected chi connectivity index (χ3v) is 17.7. The number of likely N-dealkylation sites (N-methyl/N-ethyl adjacent to an activating group) is 1. The number of nitrogens with zero attached hydrogens (tertiary/aromatic N) is 3. The van der Waals surface area contributed by atoms with E-state index in [2.05, 4.69) is 0 Å². The Kier molecular flexibility index (Phi) is 5.91. The second-order valence-electron chi connectivity index (χ2n) is 10.6. The Morgan fingerprint density at radius 2 is 1.50 bits per heavy atom. The van der Waals surface area contributed by atoms with E-state index in [-0.39, 0.29) is 23.1 Å². The van der Waals surface area contributed by atoms with Crippen LogP contribution in [0.1, 0.15) is 30.0 Å². The van der Waals surface area contributed by atoms with Crippen LogP contribution >= 0.6 is 41.2 Å². The normalized spacial score (nSPS) is 31.1. The molecule has 206 valence electrons. The highest BCUT2D eigenvalue weighted by molar-refractivity contribution is 9.26. The molecule has 2 amide bonds. The first kappa shape index (κ1) is 26.6. The first-order chi connectivity index (χ1) is 19.1. The molecule has 7 nitrogen and oxygen atoms in total. The molecule has 0 unspecified atom stereocenters. The number of anilines is 1. The minimum Gasteiger partial charge on any atom is -0.319 e. The van der Waals surface area contributed by atoms with E-state index < -0.39 is 31.3 Å². The quantitative estimate of drug-likeness (QED) is 0.346. The van der Waals surface area contributed by atoms with Gasteiger partial charge in [-0.05, 0) is 84.4 Å². The van der Waals surface area contributed by atoms with Gasteiger partial charge in [0.1, 0.15) is 6.17 Å². The number of para-hydroxylation sites is 1. The maximum Gasteiger partial charge on any atom is 0.266 e. The van der Waals surface area contributed by atoms with Crippen molar-refractivity contribution in [2.24, 2.45) is 0 Å². The van der Waals surface area contributed by atoms with Crippen LogP contribution in [0.15, 0.2) is 83.8 Å². The van der Waals surface area contributed by atoms with Gasteiger partial charge in [-0.3, -0.25) is 14.5 Å². The van der Waals surface area contributed by atoms with Crippen molar-refractivity contribution in [1.29, 1.82) is 0 Å². The molecule has 4 atom stereocenters. The van der Waals surface area contributed by atoms with E-state index in [4.69, 9.17) is 0 Å². The molecule has 0 aliphatic carbocycles. The number of carbonyl (C=O) groups excluding carboxylic acids is 2. The fraction of sp³-hybridized carbons (Fsp3) is 0.286. The van der Waals surface area contributed by atoms with Gasteiger partial charge in [0.25, 0.3) is 21.8 Å². The second-order valence-corrected chi connectivity index (χ2v) is 18.8. The van der Waals surface area contributed by atoms with E-state index in [9.17, 15) is 18.0 Å². The Morgan fingerprint density at radius 3 is 2.23 bits per heavy atom. The molecule has 0 N–H and O–H groups in total. The van der Waals surface area contributed by atoms with Crippen molar-refractivity contribution in [3.63, 3.8) is 0 Å². The van der Waals surface area contributed by atoms with Gasteiger partial charge >= 0.3 is 0 Å². The number of rotatable bonds is 3. The van der Waals surface area contributed by atoms with Crippen molar-refractivity contribution in [3.8, 4) is 0 Å². The molecule has 5 aliphatic rings. The topological polar surface area (TPSA) is 78.0 Å². The molecule has 12 heteroatoms. The van der Waals surface area contributed by atoms with Crippen LogP contribution < -0.4 is 4.31 Å². The van der Waals surface area contributed by atoms with Crippen molar-refractivity contribution in [3.05, 3.63) is 95.6 Å². The van der Waals surface area contributed by atoms with E-state index in [0.717, 1.165) is 16.7 Å². The van der Waals surface area contributed by atoms with E-state index >= 15 is 0 Å². The summed E-state index contributed by atoms with van der Waals surface area (Å²) in [5.74, 6) is -0.449. The van der Waals surface area contributed by atoms with Crippen molar-refractivity contribution >= 4 is 68.8 Å². The second kappa shape index (κ2) is 8.87. The number of hydrogen-bond acceptors (Lipinski definition) is 8. The van der Waals surface area contributed by atoms with Gasteiger partial charge in [-0.25, -0.2) is 12.7 Å². The SMILES string of the molecule is Cc1ccc([C@]23C[C@@]45SSSS[C@@](C)(C(=O)N4[C@H]2N(S(=O)(=O)c2ccccc2)c2ccccc23)N(C)C5=O)cc1. The molecule has 3 aromatic rings. The summed E-state index contributed by atoms with van der Waals surface area (Å²) in [4.78, 5) is 29.9. The Balaban J connectivity index is 1.58. The van der Waals surface area contributed by atoms with E-state index in [0.29, 0.717) is 5.69 Å². The van der Waals surface area contributed by atoms with Gasteiger partial charge in [0.15, 0.2) is 9.74 Å². The molecule has 5 heterocycles. The molecule has 1 spiro atoms. The molecule has 0 radical (unpaired) electrons. The fourth-order valence-electron chi connectivity index (χ4n) is 6.53. The number of amides is 2. The molecule has 5 aliphatic heterocycles. The lowest BCUT2D eigenvalue weighted by Gasteiger charge is -2.54. The Hall–Kier alpha value is -2.25. The third-order valence-electron chi connectivity index (χ3n) is 8.59. The summed E-state index contributed by atoms with van der Waals surface area (Å²) in [6.07, 6.45) is -0.724. The summed E-state index contributed by atoms with van der Waals surface area (Å²) in [6.45, 7) is 3.76. The highest BCUT2D eigenvalue weighted by Crippen LogP contribution is 2.71. The summed E-state index contributed by atoms with van der Waals surface area (Å²) >= 11 is 0. The lowest BCUT2D eigenvalue weighted by Crippen LogP contribution is -2.73. The van der Waals surface area contributed by atoms with Gasteiger partial charge in [0, 0.05) is 13.5 Å². The average Bonchev–Trinajstić information content (AvgIpc) is 3.41. The molecule has 4 saturated heterocycles. The minimum atomic E-state index is -4.14. The van der Waals surface area contributed by atoms with Gasteiger partial charge in [0.2, 0.25) is 0 Å². The first-order valence-electron chi connectivity index (χ1n) is 12.7. The van der Waals surface area contributed by atoms with E-state index in [1.165, 1.54) is 45.5 Å². The molecule has 0 aromatic heterocycles. The number of sulfonamides is 1. The highest BCUT2D eigenvalue weighted by Gasteiger charge is 2.77. The van der Waals surface area contributed by atoms with Crippen LogP contribution in [0, 0.1) is 6.92 Å². The van der Waals surface area contributed by atoms with Crippen LogP contribution in [0.2, 0.25) is 0 Å². The Bertz CT molecular complexity index is 1670. The Morgan fingerprint density at radius 1 is 0.850 bits per heavy atom. The number of hydrogen-bond donors (Lipinski definition) is 0. The van der Waals surface area contributed by atoms with Crippen molar-refractivity contribution in [1.82, 2.24) is 9.80 Å². The Labute approximate surface area is 248 Å².